The number of hydrogen-bond acceptors (Lipinski definition) is 4. The smallest absolute Gasteiger partial charge is 0.215 e. The predicted molar refractivity (Wildman–Crippen MR) is 85.7 cm³/mol. The van der Waals surface area contributed by atoms with E-state index < -0.39 is 25.9 Å². The van der Waals surface area contributed by atoms with E-state index in [1.165, 1.54) is 4.31 Å². The molecule has 0 amide bonds. The fraction of sp³-hybridized carbons (Fsp3) is 0.538. The molecule has 23 heavy (non-hydrogen) atoms. The first-order chi connectivity index (χ1) is 10.6. The zero-order chi connectivity index (χ0) is 17.3. The summed E-state index contributed by atoms with van der Waals surface area (Å²) in [6, 6.07) is 3.15. The van der Waals surface area contributed by atoms with E-state index in [1.54, 1.807) is 0 Å². The number of hydrogen-bond donors (Lipinski definition) is 1. The van der Waals surface area contributed by atoms with Gasteiger partial charge in [-0.1, -0.05) is 11.6 Å². The van der Waals surface area contributed by atoms with E-state index in [0.717, 1.165) is 30.9 Å². The molecular weight excluding hydrogens is 367 g/mol. The van der Waals surface area contributed by atoms with Crippen LogP contribution in [0.1, 0.15) is 12.8 Å². The maximum atomic E-state index is 13.1. The molecule has 6 nitrogen and oxygen atoms in total. The highest BCUT2D eigenvalue weighted by Crippen LogP contribution is 2.28. The Labute approximate surface area is 140 Å². The van der Waals surface area contributed by atoms with Gasteiger partial charge in [-0.2, -0.15) is 4.31 Å². The summed E-state index contributed by atoms with van der Waals surface area (Å²) in [5.41, 5.74) is 0. The van der Waals surface area contributed by atoms with Gasteiger partial charge in [-0.15, -0.1) is 0 Å². The number of rotatable bonds is 5. The summed E-state index contributed by atoms with van der Waals surface area (Å²) < 4.78 is 64.4. The van der Waals surface area contributed by atoms with Crippen molar-refractivity contribution in [1.29, 1.82) is 0 Å². The Kier molecular flexibility index (Phi) is 5.68. The normalized spacial score (nSPS) is 20.6. The number of sulfonamides is 2. The van der Waals surface area contributed by atoms with Gasteiger partial charge in [0.2, 0.25) is 20.0 Å². The highest BCUT2D eigenvalue weighted by Gasteiger charge is 2.31. The summed E-state index contributed by atoms with van der Waals surface area (Å²) in [6.45, 7) is 0.700. The molecule has 0 spiro atoms. The van der Waals surface area contributed by atoms with E-state index in [0.29, 0.717) is 13.0 Å². The lowest BCUT2D eigenvalue weighted by Gasteiger charge is -2.32. The van der Waals surface area contributed by atoms with Crippen LogP contribution < -0.4 is 4.72 Å². The van der Waals surface area contributed by atoms with Gasteiger partial charge in [0, 0.05) is 19.6 Å². The second-order valence-electron chi connectivity index (χ2n) is 5.57. The second-order valence-corrected chi connectivity index (χ2v) is 9.71. The highest BCUT2D eigenvalue weighted by atomic mass is 35.5. The lowest BCUT2D eigenvalue weighted by Crippen LogP contribution is -2.43. The minimum atomic E-state index is -3.84. The van der Waals surface area contributed by atoms with Crippen LogP contribution in [-0.4, -0.2) is 47.0 Å². The van der Waals surface area contributed by atoms with Crippen molar-refractivity contribution in [3.63, 3.8) is 0 Å². The van der Waals surface area contributed by atoms with Crippen molar-refractivity contribution in [2.24, 2.45) is 5.92 Å². The average molecular weight is 385 g/mol. The van der Waals surface area contributed by atoms with Crippen molar-refractivity contribution < 1.29 is 21.2 Å². The van der Waals surface area contributed by atoms with Crippen LogP contribution in [0.4, 0.5) is 4.39 Å². The van der Waals surface area contributed by atoms with E-state index >= 15 is 0 Å². The topological polar surface area (TPSA) is 83.6 Å². The number of benzene rings is 1. The van der Waals surface area contributed by atoms with Crippen LogP contribution in [0, 0.1) is 11.7 Å². The SMILES string of the molecule is CS(=O)(=O)NC[C@@H]1CCCN(S(=O)(=O)c2ccc(F)cc2Cl)C1. The van der Waals surface area contributed by atoms with Crippen molar-refractivity contribution in [3.8, 4) is 0 Å². The van der Waals surface area contributed by atoms with Gasteiger partial charge < -0.3 is 0 Å². The predicted octanol–water partition coefficient (Wildman–Crippen LogP) is 1.43. The van der Waals surface area contributed by atoms with Crippen LogP contribution >= 0.6 is 11.6 Å². The molecule has 2 rings (SSSR count). The average Bonchev–Trinajstić information content (AvgIpc) is 2.44. The first-order valence-electron chi connectivity index (χ1n) is 6.99. The summed E-state index contributed by atoms with van der Waals surface area (Å²) in [5.74, 6) is -0.727. The highest BCUT2D eigenvalue weighted by molar-refractivity contribution is 7.89. The summed E-state index contributed by atoms with van der Waals surface area (Å²) in [4.78, 5) is -0.141. The monoisotopic (exact) mass is 384 g/mol. The van der Waals surface area contributed by atoms with Crippen LogP contribution in [0.3, 0.4) is 0 Å². The molecule has 0 unspecified atom stereocenters. The molecule has 10 heteroatoms. The Morgan fingerprint density at radius 1 is 1.35 bits per heavy atom. The van der Waals surface area contributed by atoms with Crippen LogP contribution in [0.5, 0.6) is 0 Å². The zero-order valence-electron chi connectivity index (χ0n) is 12.5. The maximum absolute atomic E-state index is 13.1. The fourth-order valence-corrected chi connectivity index (χ4v) is 5.10. The molecule has 1 aliphatic heterocycles. The summed E-state index contributed by atoms with van der Waals surface area (Å²) in [5, 5.41) is -0.165. The molecule has 1 aromatic rings. The number of piperidine rings is 1. The molecule has 1 N–H and O–H groups in total. The van der Waals surface area contributed by atoms with Crippen molar-refractivity contribution in [3.05, 3.63) is 29.0 Å². The van der Waals surface area contributed by atoms with Gasteiger partial charge >= 0.3 is 0 Å². The lowest BCUT2D eigenvalue weighted by atomic mass is 10.0. The van der Waals surface area contributed by atoms with E-state index in [2.05, 4.69) is 4.72 Å². The molecule has 1 heterocycles. The van der Waals surface area contributed by atoms with Gasteiger partial charge in [0.25, 0.3) is 0 Å². The Balaban J connectivity index is 2.16. The van der Waals surface area contributed by atoms with Crippen molar-refractivity contribution in [1.82, 2.24) is 9.03 Å². The maximum Gasteiger partial charge on any atom is 0.244 e. The standard InChI is InChI=1S/C13H18ClFN2O4S2/c1-22(18,19)16-8-10-3-2-6-17(9-10)23(20,21)13-5-4-11(15)7-12(13)14/h4-5,7,10,16H,2-3,6,8-9H2,1H3/t10-/m0/s1. The Bertz CT molecular complexity index is 783. The van der Waals surface area contributed by atoms with Gasteiger partial charge in [-0.3, -0.25) is 0 Å². The van der Waals surface area contributed by atoms with Crippen LogP contribution in [-0.2, 0) is 20.0 Å². The van der Waals surface area contributed by atoms with E-state index in [4.69, 9.17) is 11.6 Å². The Morgan fingerprint density at radius 2 is 2.04 bits per heavy atom. The minimum Gasteiger partial charge on any atom is -0.215 e. The number of nitrogens with one attached hydrogen (secondary N) is 1. The molecule has 1 aromatic carbocycles. The third-order valence-corrected chi connectivity index (χ3v) is 6.67. The molecule has 1 aliphatic rings. The largest absolute Gasteiger partial charge is 0.244 e. The van der Waals surface area contributed by atoms with Crippen LogP contribution in [0.25, 0.3) is 0 Å². The number of nitrogens with zero attached hydrogens (tertiary/aromatic N) is 1. The Hall–Kier alpha value is -0.740. The van der Waals surface area contributed by atoms with E-state index in [1.807, 2.05) is 0 Å². The van der Waals surface area contributed by atoms with E-state index in [-0.39, 0.29) is 28.9 Å². The van der Waals surface area contributed by atoms with E-state index in [9.17, 15) is 21.2 Å². The van der Waals surface area contributed by atoms with Gasteiger partial charge in [-0.05, 0) is 37.0 Å². The first kappa shape index (κ1) is 18.6. The number of halogens is 2. The quantitative estimate of drug-likeness (QED) is 0.832. The van der Waals surface area contributed by atoms with Crippen LogP contribution in [0.2, 0.25) is 5.02 Å². The fourth-order valence-electron chi connectivity index (χ4n) is 2.50. The van der Waals surface area contributed by atoms with Crippen molar-refractivity contribution in [2.75, 3.05) is 25.9 Å². The molecule has 0 radical (unpaired) electrons. The second kappa shape index (κ2) is 7.02. The molecular formula is C13H18ClFN2O4S2. The zero-order valence-corrected chi connectivity index (χ0v) is 14.9. The van der Waals surface area contributed by atoms with Gasteiger partial charge in [0.05, 0.1) is 11.3 Å². The molecule has 0 aliphatic carbocycles. The molecule has 130 valence electrons. The minimum absolute atomic E-state index is 0.118. The summed E-state index contributed by atoms with van der Waals surface area (Å²) >= 11 is 5.85. The summed E-state index contributed by atoms with van der Waals surface area (Å²) in [6.07, 6.45) is 2.41. The molecule has 1 fully saturated rings. The molecule has 1 saturated heterocycles. The first-order valence-corrected chi connectivity index (χ1v) is 10.7. The molecule has 0 bridgehead atoms. The lowest BCUT2D eigenvalue weighted by molar-refractivity contribution is 0.267. The third kappa shape index (κ3) is 4.87. The van der Waals surface area contributed by atoms with Crippen molar-refractivity contribution >= 4 is 31.6 Å². The van der Waals surface area contributed by atoms with Gasteiger partial charge in [-0.25, -0.2) is 25.9 Å². The van der Waals surface area contributed by atoms with Crippen LogP contribution in [0.15, 0.2) is 23.1 Å². The molecule has 0 aromatic heterocycles. The van der Waals surface area contributed by atoms with Gasteiger partial charge in [0.1, 0.15) is 10.7 Å². The van der Waals surface area contributed by atoms with Gasteiger partial charge in [0.15, 0.2) is 0 Å². The molecule has 1 atom stereocenters. The van der Waals surface area contributed by atoms with Crippen molar-refractivity contribution in [2.45, 2.75) is 17.7 Å². The molecule has 0 saturated carbocycles. The Morgan fingerprint density at radius 3 is 2.65 bits per heavy atom. The summed E-state index contributed by atoms with van der Waals surface area (Å²) in [7, 11) is -7.16. The third-order valence-electron chi connectivity index (χ3n) is 3.63.